The third-order valence-corrected chi connectivity index (χ3v) is 4.65. The van der Waals surface area contributed by atoms with Crippen LogP contribution in [0.3, 0.4) is 0 Å². The molecule has 1 aliphatic heterocycles. The van der Waals surface area contributed by atoms with E-state index >= 15 is 0 Å². The SMILES string of the molecule is COc1cc(NC(=O)C2CNc3ccc(F)cc3O2)c(Cl)cc1C(C)(C)C. The van der Waals surface area contributed by atoms with Crippen LogP contribution in [0.2, 0.25) is 5.02 Å². The van der Waals surface area contributed by atoms with Gasteiger partial charge in [-0.2, -0.15) is 0 Å². The Morgan fingerprint density at radius 2 is 2.07 bits per heavy atom. The summed E-state index contributed by atoms with van der Waals surface area (Å²) in [5, 5.41) is 6.24. The van der Waals surface area contributed by atoms with Crippen molar-refractivity contribution in [1.82, 2.24) is 0 Å². The minimum Gasteiger partial charge on any atom is -0.496 e. The van der Waals surface area contributed by atoms with Crippen LogP contribution >= 0.6 is 11.6 Å². The molecule has 7 heteroatoms. The Bertz CT molecular complexity index is 880. The zero-order valence-corrected chi connectivity index (χ0v) is 16.4. The van der Waals surface area contributed by atoms with Crippen molar-refractivity contribution in [2.24, 2.45) is 0 Å². The maximum Gasteiger partial charge on any atom is 0.267 e. The minimum atomic E-state index is -0.816. The molecule has 0 radical (unpaired) electrons. The number of amides is 1. The van der Waals surface area contributed by atoms with Crippen LogP contribution in [0.4, 0.5) is 15.8 Å². The van der Waals surface area contributed by atoms with Gasteiger partial charge in [-0.05, 0) is 23.6 Å². The number of carbonyl (C=O) groups is 1. The first-order valence-corrected chi connectivity index (χ1v) is 8.96. The number of anilines is 2. The monoisotopic (exact) mass is 392 g/mol. The maximum atomic E-state index is 13.4. The summed E-state index contributed by atoms with van der Waals surface area (Å²) >= 11 is 6.37. The van der Waals surface area contributed by atoms with E-state index in [-0.39, 0.29) is 17.9 Å². The zero-order valence-electron chi connectivity index (χ0n) is 15.7. The molecule has 0 fully saturated rings. The number of hydrogen-bond acceptors (Lipinski definition) is 4. The van der Waals surface area contributed by atoms with Gasteiger partial charge in [0.15, 0.2) is 6.10 Å². The van der Waals surface area contributed by atoms with E-state index in [1.54, 1.807) is 25.3 Å². The molecule has 0 bridgehead atoms. The molecule has 1 atom stereocenters. The van der Waals surface area contributed by atoms with Crippen molar-refractivity contribution in [3.05, 3.63) is 46.7 Å². The predicted molar refractivity (Wildman–Crippen MR) is 105 cm³/mol. The molecule has 1 amide bonds. The van der Waals surface area contributed by atoms with E-state index in [4.69, 9.17) is 21.1 Å². The van der Waals surface area contributed by atoms with Gasteiger partial charge in [0.05, 0.1) is 30.1 Å². The molecule has 3 rings (SSSR count). The third-order valence-electron chi connectivity index (χ3n) is 4.34. The van der Waals surface area contributed by atoms with Gasteiger partial charge in [0.1, 0.15) is 17.3 Å². The second-order valence-corrected chi connectivity index (χ2v) is 7.81. The lowest BCUT2D eigenvalue weighted by Crippen LogP contribution is -2.41. The lowest BCUT2D eigenvalue weighted by Gasteiger charge is -2.27. The fourth-order valence-electron chi connectivity index (χ4n) is 2.90. The van der Waals surface area contributed by atoms with Gasteiger partial charge in [-0.25, -0.2) is 4.39 Å². The van der Waals surface area contributed by atoms with E-state index < -0.39 is 11.9 Å². The molecule has 5 nitrogen and oxygen atoms in total. The molecule has 1 unspecified atom stereocenters. The summed E-state index contributed by atoms with van der Waals surface area (Å²) in [6, 6.07) is 7.64. The Morgan fingerprint density at radius 1 is 1.33 bits per heavy atom. The number of carbonyl (C=O) groups excluding carboxylic acids is 1. The maximum absolute atomic E-state index is 13.4. The number of methoxy groups -OCH3 is 1. The molecule has 0 spiro atoms. The highest BCUT2D eigenvalue weighted by atomic mass is 35.5. The van der Waals surface area contributed by atoms with E-state index in [9.17, 15) is 9.18 Å². The number of nitrogens with one attached hydrogen (secondary N) is 2. The number of halogens is 2. The summed E-state index contributed by atoms with van der Waals surface area (Å²) in [5.41, 5.74) is 1.85. The molecule has 2 aromatic carbocycles. The van der Waals surface area contributed by atoms with Crippen LogP contribution in [-0.2, 0) is 10.2 Å². The lowest BCUT2D eigenvalue weighted by molar-refractivity contribution is -0.122. The number of ether oxygens (including phenoxy) is 2. The van der Waals surface area contributed by atoms with Gasteiger partial charge in [0.25, 0.3) is 5.91 Å². The van der Waals surface area contributed by atoms with Crippen molar-refractivity contribution in [2.45, 2.75) is 32.3 Å². The lowest BCUT2D eigenvalue weighted by atomic mass is 9.86. The van der Waals surface area contributed by atoms with Crippen molar-refractivity contribution in [3.8, 4) is 11.5 Å². The highest BCUT2D eigenvalue weighted by Crippen LogP contribution is 2.38. The molecule has 144 valence electrons. The van der Waals surface area contributed by atoms with Gasteiger partial charge in [0.2, 0.25) is 0 Å². The Kier molecular flexibility index (Phi) is 5.20. The van der Waals surface area contributed by atoms with Crippen LogP contribution in [0.5, 0.6) is 11.5 Å². The van der Waals surface area contributed by atoms with Gasteiger partial charge in [-0.3, -0.25) is 4.79 Å². The Labute approximate surface area is 162 Å². The summed E-state index contributed by atoms with van der Waals surface area (Å²) in [6.07, 6.45) is -0.816. The summed E-state index contributed by atoms with van der Waals surface area (Å²) in [7, 11) is 1.57. The summed E-state index contributed by atoms with van der Waals surface area (Å²) < 4.78 is 24.5. The van der Waals surface area contributed by atoms with Crippen molar-refractivity contribution < 1.29 is 18.7 Å². The quantitative estimate of drug-likeness (QED) is 0.801. The smallest absolute Gasteiger partial charge is 0.267 e. The average Bonchev–Trinajstić information content (AvgIpc) is 2.61. The summed E-state index contributed by atoms with van der Waals surface area (Å²) in [5.74, 6) is 0.123. The molecule has 1 heterocycles. The number of fused-ring (bicyclic) bond motifs is 1. The average molecular weight is 393 g/mol. The van der Waals surface area contributed by atoms with E-state index in [1.165, 1.54) is 12.1 Å². The van der Waals surface area contributed by atoms with E-state index in [0.29, 0.717) is 27.9 Å². The number of hydrogen-bond donors (Lipinski definition) is 2. The van der Waals surface area contributed by atoms with Gasteiger partial charge >= 0.3 is 0 Å². The highest BCUT2D eigenvalue weighted by molar-refractivity contribution is 6.34. The first kappa shape index (κ1) is 19.3. The Morgan fingerprint density at radius 3 is 2.74 bits per heavy atom. The number of rotatable bonds is 3. The molecule has 0 saturated carbocycles. The second kappa shape index (κ2) is 7.27. The zero-order chi connectivity index (χ0) is 19.8. The van der Waals surface area contributed by atoms with Crippen LogP contribution in [0.15, 0.2) is 30.3 Å². The summed E-state index contributed by atoms with van der Waals surface area (Å²) in [4.78, 5) is 12.6. The van der Waals surface area contributed by atoms with Crippen molar-refractivity contribution >= 4 is 28.9 Å². The van der Waals surface area contributed by atoms with Crippen LogP contribution in [0, 0.1) is 5.82 Å². The van der Waals surface area contributed by atoms with Crippen LogP contribution < -0.4 is 20.1 Å². The molecule has 2 N–H and O–H groups in total. The summed E-state index contributed by atoms with van der Waals surface area (Å²) in [6.45, 7) is 6.42. The standard InChI is InChI=1S/C20H22ClFN2O3/c1-20(2,3)12-8-13(21)15(9-16(12)26-4)24-19(25)18-10-23-14-6-5-11(22)7-17(14)27-18/h5-9,18,23H,10H2,1-4H3,(H,24,25). The molecule has 2 aromatic rings. The largest absolute Gasteiger partial charge is 0.496 e. The van der Waals surface area contributed by atoms with E-state index in [2.05, 4.69) is 31.4 Å². The van der Waals surface area contributed by atoms with Gasteiger partial charge < -0.3 is 20.1 Å². The van der Waals surface area contributed by atoms with E-state index in [1.807, 2.05) is 0 Å². The molecule has 1 aliphatic rings. The second-order valence-electron chi connectivity index (χ2n) is 7.40. The first-order chi connectivity index (χ1) is 12.7. The fourth-order valence-corrected chi connectivity index (χ4v) is 3.11. The minimum absolute atomic E-state index is 0.165. The predicted octanol–water partition coefficient (Wildman–Crippen LogP) is 4.60. The fraction of sp³-hybridized carbons (Fsp3) is 0.350. The topological polar surface area (TPSA) is 59.6 Å². The molecular weight excluding hydrogens is 371 g/mol. The van der Waals surface area contributed by atoms with Crippen molar-refractivity contribution in [3.63, 3.8) is 0 Å². The van der Waals surface area contributed by atoms with Crippen molar-refractivity contribution in [2.75, 3.05) is 24.3 Å². The van der Waals surface area contributed by atoms with Gasteiger partial charge in [-0.15, -0.1) is 0 Å². The molecule has 0 aliphatic carbocycles. The molecule has 0 saturated heterocycles. The Balaban J connectivity index is 1.80. The Hall–Kier alpha value is -2.47. The van der Waals surface area contributed by atoms with Crippen LogP contribution in [-0.4, -0.2) is 25.7 Å². The number of benzene rings is 2. The highest BCUT2D eigenvalue weighted by Gasteiger charge is 2.28. The normalized spacial score (nSPS) is 16.0. The van der Waals surface area contributed by atoms with Gasteiger partial charge in [-0.1, -0.05) is 32.4 Å². The molecule has 27 heavy (non-hydrogen) atoms. The van der Waals surface area contributed by atoms with Crippen LogP contribution in [0.25, 0.3) is 0 Å². The first-order valence-electron chi connectivity index (χ1n) is 8.58. The molecule has 0 aromatic heterocycles. The van der Waals surface area contributed by atoms with E-state index in [0.717, 1.165) is 5.56 Å². The van der Waals surface area contributed by atoms with Crippen molar-refractivity contribution in [1.29, 1.82) is 0 Å². The third kappa shape index (κ3) is 4.11. The van der Waals surface area contributed by atoms with Crippen LogP contribution in [0.1, 0.15) is 26.3 Å². The molecular formula is C20H22ClFN2O3. The van der Waals surface area contributed by atoms with Gasteiger partial charge in [0, 0.05) is 17.7 Å².